The van der Waals surface area contributed by atoms with Gasteiger partial charge in [-0.2, -0.15) is 23.5 Å². The lowest BCUT2D eigenvalue weighted by atomic mass is 10.0. The van der Waals surface area contributed by atoms with E-state index in [1.807, 2.05) is 0 Å². The molecule has 0 aromatic carbocycles. The molecule has 1 N–H and O–H groups in total. The highest BCUT2D eigenvalue weighted by molar-refractivity contribution is 8.00. The second-order valence-corrected chi connectivity index (χ2v) is 14.3. The lowest BCUT2D eigenvalue weighted by molar-refractivity contribution is -0.145. The number of amides is 2. The molecule has 1 saturated carbocycles. The molecule has 260 valence electrons. The number of nitrogens with zero attached hydrogens (tertiary/aromatic N) is 2. The summed E-state index contributed by atoms with van der Waals surface area (Å²) in [6, 6.07) is 0. The van der Waals surface area contributed by atoms with Crippen LogP contribution in [0.2, 0.25) is 0 Å². The maximum atomic E-state index is 12.3. The van der Waals surface area contributed by atoms with Crippen molar-refractivity contribution in [2.24, 2.45) is 5.92 Å². The Morgan fingerprint density at radius 2 is 0.955 bits per heavy atom. The molecule has 0 spiro atoms. The summed E-state index contributed by atoms with van der Waals surface area (Å²) in [4.78, 5) is 27.5. The Bertz CT molecular complexity index is 685. The average Bonchev–Trinajstić information content (AvgIpc) is 3.05. The molecule has 10 nitrogen and oxygen atoms in total. The second kappa shape index (κ2) is 28.6. The Balaban J connectivity index is 2.05. The standard InChI is InChI=1S/C32H62N2O8S2/c1-33(2)31(36)30(32(37)34(3)4)14-16-38-18-20-40-21-23-42-25-27-44-29-11-7-5-6-10-28(12-8-9-13-29)43-26-24-41-22-19-39-17-15-35/h28-30,35H,5-27H2,1-4H3. The zero-order valence-electron chi connectivity index (χ0n) is 28.0. The number of aliphatic hydroxyl groups is 1. The number of rotatable bonds is 24. The van der Waals surface area contributed by atoms with Crippen molar-refractivity contribution in [1.29, 1.82) is 0 Å². The van der Waals surface area contributed by atoms with E-state index in [0.717, 1.165) is 35.2 Å². The van der Waals surface area contributed by atoms with Crippen molar-refractivity contribution in [2.45, 2.75) is 74.7 Å². The number of hydrogen-bond acceptors (Lipinski definition) is 10. The van der Waals surface area contributed by atoms with Crippen LogP contribution in [0.15, 0.2) is 0 Å². The molecule has 0 heterocycles. The minimum Gasteiger partial charge on any atom is -0.394 e. The van der Waals surface area contributed by atoms with E-state index < -0.39 is 5.92 Å². The summed E-state index contributed by atoms with van der Waals surface area (Å²) in [7, 11) is 6.64. The van der Waals surface area contributed by atoms with Gasteiger partial charge in [0.25, 0.3) is 0 Å². The van der Waals surface area contributed by atoms with E-state index in [1.54, 1.807) is 28.2 Å². The van der Waals surface area contributed by atoms with Gasteiger partial charge in [-0.05, 0) is 32.1 Å². The summed E-state index contributed by atoms with van der Waals surface area (Å²) in [6.07, 6.45) is 12.2. The van der Waals surface area contributed by atoms with Crippen molar-refractivity contribution in [3.05, 3.63) is 0 Å². The van der Waals surface area contributed by atoms with Crippen molar-refractivity contribution in [3.8, 4) is 0 Å². The Kier molecular flexibility index (Phi) is 26.9. The molecule has 2 unspecified atom stereocenters. The fourth-order valence-corrected chi connectivity index (χ4v) is 7.37. The fraction of sp³-hybridized carbons (Fsp3) is 0.938. The van der Waals surface area contributed by atoms with Crippen LogP contribution in [0.1, 0.15) is 64.2 Å². The average molecular weight is 667 g/mol. The van der Waals surface area contributed by atoms with Crippen molar-refractivity contribution >= 4 is 35.3 Å². The summed E-state index contributed by atoms with van der Waals surface area (Å²) in [5.41, 5.74) is 0. The Hall–Kier alpha value is -0.600. The van der Waals surface area contributed by atoms with E-state index in [4.69, 9.17) is 28.8 Å². The summed E-state index contributed by atoms with van der Waals surface area (Å²) in [5, 5.41) is 10.2. The SMILES string of the molecule is CN(C)C(=O)C(CCOCCOCCOCCSC1CCCCCC(SCCOCCOCCO)CCCC1)C(=O)N(C)C. The second-order valence-electron chi connectivity index (χ2n) is 11.5. The first kappa shape index (κ1) is 41.4. The molecule has 12 heteroatoms. The zero-order chi connectivity index (χ0) is 32.3. The number of carbonyl (C=O) groups is 2. The minimum absolute atomic E-state index is 0.0657. The fourth-order valence-electron chi connectivity index (χ4n) is 4.94. The molecule has 0 aliphatic heterocycles. The lowest BCUT2D eigenvalue weighted by Gasteiger charge is -2.22. The highest BCUT2D eigenvalue weighted by Gasteiger charge is 2.29. The smallest absolute Gasteiger partial charge is 0.234 e. The van der Waals surface area contributed by atoms with Crippen LogP contribution < -0.4 is 0 Å². The first-order valence-electron chi connectivity index (χ1n) is 16.5. The topological polar surface area (TPSA) is 107 Å². The van der Waals surface area contributed by atoms with Gasteiger partial charge in [0.1, 0.15) is 5.92 Å². The van der Waals surface area contributed by atoms with Gasteiger partial charge in [0, 0.05) is 56.8 Å². The Labute approximate surface area is 275 Å². The molecule has 2 atom stereocenters. The van der Waals surface area contributed by atoms with E-state index in [9.17, 15) is 9.59 Å². The van der Waals surface area contributed by atoms with Gasteiger partial charge in [-0.25, -0.2) is 0 Å². The van der Waals surface area contributed by atoms with Crippen LogP contribution in [-0.2, 0) is 33.3 Å². The van der Waals surface area contributed by atoms with Crippen molar-refractivity contribution in [1.82, 2.24) is 9.80 Å². The van der Waals surface area contributed by atoms with Gasteiger partial charge in [0.15, 0.2) is 0 Å². The maximum Gasteiger partial charge on any atom is 0.234 e. The van der Waals surface area contributed by atoms with Crippen LogP contribution in [0, 0.1) is 5.92 Å². The largest absolute Gasteiger partial charge is 0.394 e. The van der Waals surface area contributed by atoms with Crippen LogP contribution in [-0.4, -0.2) is 150 Å². The monoisotopic (exact) mass is 666 g/mol. The van der Waals surface area contributed by atoms with E-state index in [-0.39, 0.29) is 18.4 Å². The summed E-state index contributed by atoms with van der Waals surface area (Å²) >= 11 is 4.15. The van der Waals surface area contributed by atoms with E-state index in [0.29, 0.717) is 59.3 Å². The predicted octanol–water partition coefficient (Wildman–Crippen LogP) is 3.97. The summed E-state index contributed by atoms with van der Waals surface area (Å²) < 4.78 is 27.9. The van der Waals surface area contributed by atoms with Gasteiger partial charge in [-0.15, -0.1) is 0 Å². The number of thioether (sulfide) groups is 2. The normalized spacial score (nSPS) is 18.2. The quantitative estimate of drug-likeness (QED) is 0.120. The van der Waals surface area contributed by atoms with Gasteiger partial charge >= 0.3 is 0 Å². The molecule has 1 aliphatic rings. The molecule has 1 aliphatic carbocycles. The molecular formula is C32H62N2O8S2. The summed E-state index contributed by atoms with van der Waals surface area (Å²) in [5.74, 6) is 0.959. The van der Waals surface area contributed by atoms with E-state index in [2.05, 4.69) is 23.5 Å². The van der Waals surface area contributed by atoms with Gasteiger partial charge in [0.2, 0.25) is 11.8 Å². The maximum absolute atomic E-state index is 12.3. The van der Waals surface area contributed by atoms with Crippen molar-refractivity contribution in [3.63, 3.8) is 0 Å². The van der Waals surface area contributed by atoms with Crippen LogP contribution >= 0.6 is 23.5 Å². The van der Waals surface area contributed by atoms with Gasteiger partial charge in [-0.1, -0.05) is 32.1 Å². The van der Waals surface area contributed by atoms with Gasteiger partial charge < -0.3 is 38.6 Å². The van der Waals surface area contributed by atoms with Crippen LogP contribution in [0.3, 0.4) is 0 Å². The molecule has 1 fully saturated rings. The number of hydrogen-bond donors (Lipinski definition) is 1. The first-order valence-corrected chi connectivity index (χ1v) is 18.6. The highest BCUT2D eigenvalue weighted by Crippen LogP contribution is 2.29. The number of ether oxygens (including phenoxy) is 5. The van der Waals surface area contributed by atoms with Crippen molar-refractivity contribution < 1.29 is 38.4 Å². The van der Waals surface area contributed by atoms with E-state index in [1.165, 1.54) is 67.6 Å². The third-order valence-corrected chi connectivity index (χ3v) is 10.1. The lowest BCUT2D eigenvalue weighted by Crippen LogP contribution is -2.41. The predicted molar refractivity (Wildman–Crippen MR) is 181 cm³/mol. The van der Waals surface area contributed by atoms with Crippen molar-refractivity contribution in [2.75, 3.05) is 112 Å². The molecule has 0 aromatic heterocycles. The number of aliphatic hydroxyl groups excluding tert-OH is 1. The summed E-state index contributed by atoms with van der Waals surface area (Å²) in [6.45, 7) is 5.45. The minimum atomic E-state index is -0.712. The zero-order valence-corrected chi connectivity index (χ0v) is 29.6. The molecule has 0 saturated heterocycles. The van der Waals surface area contributed by atoms with Crippen LogP contribution in [0.4, 0.5) is 0 Å². The highest BCUT2D eigenvalue weighted by atomic mass is 32.2. The van der Waals surface area contributed by atoms with Gasteiger partial charge in [-0.3, -0.25) is 9.59 Å². The molecule has 44 heavy (non-hydrogen) atoms. The molecular weight excluding hydrogens is 604 g/mol. The van der Waals surface area contributed by atoms with Crippen LogP contribution in [0.25, 0.3) is 0 Å². The third-order valence-electron chi connectivity index (χ3n) is 7.40. The third kappa shape index (κ3) is 22.0. The molecule has 2 amide bonds. The van der Waals surface area contributed by atoms with Crippen LogP contribution in [0.5, 0.6) is 0 Å². The van der Waals surface area contributed by atoms with Gasteiger partial charge in [0.05, 0.1) is 66.1 Å². The molecule has 1 rings (SSSR count). The molecule has 0 bridgehead atoms. The molecule has 0 aromatic rings. The Morgan fingerprint density at radius 3 is 1.36 bits per heavy atom. The Morgan fingerprint density at radius 1 is 0.591 bits per heavy atom. The number of carbonyl (C=O) groups excluding carboxylic acids is 2. The molecule has 0 radical (unpaired) electrons. The first-order chi connectivity index (χ1) is 21.4. The van der Waals surface area contributed by atoms with E-state index >= 15 is 0 Å².